The first-order chi connectivity index (χ1) is 6.77. The Morgan fingerprint density at radius 1 is 1.33 bits per heavy atom. The molecule has 15 heavy (non-hydrogen) atoms. The van der Waals surface area contributed by atoms with E-state index in [1.54, 1.807) is 6.07 Å². The van der Waals surface area contributed by atoms with E-state index in [9.17, 15) is 0 Å². The third kappa shape index (κ3) is 2.91. The molecule has 0 unspecified atom stereocenters. The fourth-order valence-electron chi connectivity index (χ4n) is 1.21. The summed E-state index contributed by atoms with van der Waals surface area (Å²) >= 11 is 11.9. The molecule has 6 heteroatoms. The fraction of sp³-hybridized carbons (Fsp3) is 0.222. The van der Waals surface area contributed by atoms with Gasteiger partial charge in [0, 0.05) is 6.54 Å². The Labute approximate surface area is 104 Å². The Kier molecular flexibility index (Phi) is 4.51. The molecule has 0 bridgehead atoms. The molecular weight excluding hydrogens is 256 g/mol. The van der Waals surface area contributed by atoms with E-state index in [-0.39, 0.29) is 12.4 Å². The molecule has 2 rings (SSSR count). The lowest BCUT2D eigenvalue weighted by atomic mass is 10.3. The fourth-order valence-corrected chi connectivity index (χ4v) is 1.56. The Balaban J connectivity index is 0.00000112. The molecule has 82 valence electrons. The first kappa shape index (κ1) is 12.4. The van der Waals surface area contributed by atoms with E-state index in [4.69, 9.17) is 23.2 Å². The van der Waals surface area contributed by atoms with E-state index in [1.165, 1.54) is 0 Å². The van der Waals surface area contributed by atoms with Gasteiger partial charge < -0.3 is 10.6 Å². The number of anilines is 1. The molecule has 0 amide bonds. The van der Waals surface area contributed by atoms with Crippen LogP contribution in [0.25, 0.3) is 0 Å². The van der Waals surface area contributed by atoms with Crippen molar-refractivity contribution in [2.45, 2.75) is 0 Å². The lowest BCUT2D eigenvalue weighted by Gasteiger charge is -2.08. The minimum absolute atomic E-state index is 0. The van der Waals surface area contributed by atoms with Crippen molar-refractivity contribution in [2.75, 3.05) is 18.4 Å². The summed E-state index contributed by atoms with van der Waals surface area (Å²) in [5.41, 5.74) is 0.771. The van der Waals surface area contributed by atoms with Crippen LogP contribution in [0.5, 0.6) is 0 Å². The monoisotopic (exact) mass is 265 g/mol. The smallest absolute Gasteiger partial charge is 0.195 e. The molecule has 3 nitrogen and oxygen atoms in total. The second kappa shape index (κ2) is 5.45. The first-order valence-electron chi connectivity index (χ1n) is 4.27. The van der Waals surface area contributed by atoms with Crippen LogP contribution in [0.15, 0.2) is 23.2 Å². The normalized spacial score (nSPS) is 13.9. The van der Waals surface area contributed by atoms with Gasteiger partial charge in [0.15, 0.2) is 5.96 Å². The van der Waals surface area contributed by atoms with Gasteiger partial charge in [0.2, 0.25) is 0 Å². The van der Waals surface area contributed by atoms with Crippen LogP contribution in [0.4, 0.5) is 5.69 Å². The molecular formula is C9H10Cl3N3. The van der Waals surface area contributed by atoms with Crippen LogP contribution in [0.2, 0.25) is 10.0 Å². The Morgan fingerprint density at radius 2 is 2.13 bits per heavy atom. The van der Waals surface area contributed by atoms with Gasteiger partial charge in [-0.15, -0.1) is 12.4 Å². The molecule has 1 heterocycles. The maximum atomic E-state index is 5.99. The van der Waals surface area contributed by atoms with E-state index >= 15 is 0 Å². The van der Waals surface area contributed by atoms with Gasteiger partial charge in [0.25, 0.3) is 0 Å². The van der Waals surface area contributed by atoms with E-state index in [0.29, 0.717) is 10.0 Å². The molecule has 0 saturated heterocycles. The number of hydrogen-bond acceptors (Lipinski definition) is 3. The highest BCUT2D eigenvalue weighted by Crippen LogP contribution is 2.29. The van der Waals surface area contributed by atoms with E-state index in [1.807, 2.05) is 12.1 Å². The number of halogens is 3. The number of guanidine groups is 1. The Morgan fingerprint density at radius 3 is 2.80 bits per heavy atom. The van der Waals surface area contributed by atoms with Crippen molar-refractivity contribution in [3.05, 3.63) is 28.2 Å². The number of aliphatic imine (C=N–C) groups is 1. The lowest BCUT2D eigenvalue weighted by molar-refractivity contribution is 0.959. The highest BCUT2D eigenvalue weighted by Gasteiger charge is 2.08. The van der Waals surface area contributed by atoms with E-state index in [2.05, 4.69) is 15.6 Å². The van der Waals surface area contributed by atoms with Crippen LogP contribution >= 0.6 is 35.6 Å². The molecule has 0 fully saturated rings. The topological polar surface area (TPSA) is 36.4 Å². The summed E-state index contributed by atoms with van der Waals surface area (Å²) in [6.45, 7) is 1.65. The van der Waals surface area contributed by atoms with Gasteiger partial charge in [-0.1, -0.05) is 29.3 Å². The summed E-state index contributed by atoms with van der Waals surface area (Å²) < 4.78 is 0. The first-order valence-corrected chi connectivity index (χ1v) is 5.02. The third-order valence-corrected chi connectivity index (χ3v) is 2.70. The van der Waals surface area contributed by atoms with Gasteiger partial charge in [-0.05, 0) is 12.1 Å². The van der Waals surface area contributed by atoms with Gasteiger partial charge in [-0.25, -0.2) is 0 Å². The summed E-state index contributed by atoms with van der Waals surface area (Å²) in [4.78, 5) is 4.19. The zero-order valence-corrected chi connectivity index (χ0v) is 10.1. The van der Waals surface area contributed by atoms with Crippen LogP contribution < -0.4 is 10.6 Å². The molecule has 1 aliphatic rings. The van der Waals surface area contributed by atoms with Crippen LogP contribution in [-0.4, -0.2) is 19.0 Å². The van der Waals surface area contributed by atoms with Crippen molar-refractivity contribution in [2.24, 2.45) is 4.99 Å². The minimum Gasteiger partial charge on any atom is -0.354 e. The van der Waals surface area contributed by atoms with Crippen molar-refractivity contribution in [1.82, 2.24) is 5.32 Å². The minimum atomic E-state index is 0. The summed E-state index contributed by atoms with van der Waals surface area (Å²) in [5, 5.41) is 7.22. The van der Waals surface area contributed by atoms with Crippen molar-refractivity contribution in [1.29, 1.82) is 0 Å². The number of hydrogen-bond donors (Lipinski definition) is 2. The molecule has 0 aliphatic carbocycles. The Hall–Kier alpha value is -0.640. The third-order valence-electron chi connectivity index (χ3n) is 1.88. The second-order valence-corrected chi connectivity index (χ2v) is 3.67. The van der Waals surface area contributed by atoms with Gasteiger partial charge in [-0.2, -0.15) is 0 Å². The highest BCUT2D eigenvalue weighted by molar-refractivity contribution is 6.44. The maximum absolute atomic E-state index is 5.99. The molecule has 1 aliphatic heterocycles. The van der Waals surface area contributed by atoms with E-state index in [0.717, 1.165) is 24.7 Å². The molecule has 2 N–H and O–H groups in total. The molecule has 0 atom stereocenters. The molecule has 0 saturated carbocycles. The zero-order chi connectivity index (χ0) is 9.97. The SMILES string of the molecule is Cl.Clc1cccc(NC2=NCCN2)c1Cl. The Bertz CT molecular complexity index is 379. The number of benzene rings is 1. The summed E-state index contributed by atoms with van der Waals surface area (Å²) in [6.07, 6.45) is 0. The van der Waals surface area contributed by atoms with Gasteiger partial charge >= 0.3 is 0 Å². The van der Waals surface area contributed by atoms with Crippen molar-refractivity contribution >= 4 is 47.3 Å². The highest BCUT2D eigenvalue weighted by atomic mass is 35.5. The van der Waals surface area contributed by atoms with E-state index < -0.39 is 0 Å². The summed E-state index contributed by atoms with van der Waals surface area (Å²) in [7, 11) is 0. The predicted molar refractivity (Wildman–Crippen MR) is 67.6 cm³/mol. The van der Waals surface area contributed by atoms with Crippen molar-refractivity contribution in [3.8, 4) is 0 Å². The van der Waals surface area contributed by atoms with Gasteiger partial charge in [-0.3, -0.25) is 4.99 Å². The lowest BCUT2D eigenvalue weighted by Crippen LogP contribution is -2.26. The number of rotatable bonds is 1. The van der Waals surface area contributed by atoms with Crippen LogP contribution in [0, 0.1) is 0 Å². The average molecular weight is 267 g/mol. The van der Waals surface area contributed by atoms with Crippen LogP contribution in [0.3, 0.4) is 0 Å². The maximum Gasteiger partial charge on any atom is 0.195 e. The largest absolute Gasteiger partial charge is 0.354 e. The molecule has 1 aromatic carbocycles. The van der Waals surface area contributed by atoms with Crippen LogP contribution in [-0.2, 0) is 0 Å². The van der Waals surface area contributed by atoms with Gasteiger partial charge in [0.05, 0.1) is 22.3 Å². The van der Waals surface area contributed by atoms with Gasteiger partial charge in [0.1, 0.15) is 0 Å². The molecule has 0 aromatic heterocycles. The van der Waals surface area contributed by atoms with Crippen LogP contribution in [0.1, 0.15) is 0 Å². The summed E-state index contributed by atoms with van der Waals surface area (Å²) in [6, 6.07) is 5.45. The summed E-state index contributed by atoms with van der Waals surface area (Å²) in [5.74, 6) is 0.745. The standard InChI is InChI=1S/C9H9Cl2N3.ClH/c10-6-2-1-3-7(8(6)11)14-9-12-4-5-13-9;/h1-3H,4-5H2,(H2,12,13,14);1H. The number of nitrogens with one attached hydrogen (secondary N) is 2. The average Bonchev–Trinajstić information content (AvgIpc) is 2.66. The molecule has 0 spiro atoms. The van der Waals surface area contributed by atoms with Crippen molar-refractivity contribution < 1.29 is 0 Å². The quantitative estimate of drug-likeness (QED) is 0.820. The molecule has 1 aromatic rings. The zero-order valence-electron chi connectivity index (χ0n) is 7.76. The second-order valence-electron chi connectivity index (χ2n) is 2.88. The molecule has 0 radical (unpaired) electrons. The number of nitrogens with zero attached hydrogens (tertiary/aromatic N) is 1. The van der Waals surface area contributed by atoms with Crippen molar-refractivity contribution in [3.63, 3.8) is 0 Å². The predicted octanol–water partition coefficient (Wildman–Crippen LogP) is 2.79.